The van der Waals surface area contributed by atoms with E-state index in [0.717, 1.165) is 30.5 Å². The van der Waals surface area contributed by atoms with E-state index in [0.29, 0.717) is 24.0 Å². The van der Waals surface area contributed by atoms with Crippen LogP contribution in [0.25, 0.3) is 10.9 Å². The Kier molecular flexibility index (Phi) is 8.74. The summed E-state index contributed by atoms with van der Waals surface area (Å²) >= 11 is 0. The van der Waals surface area contributed by atoms with Crippen molar-refractivity contribution >= 4 is 40.8 Å². The summed E-state index contributed by atoms with van der Waals surface area (Å²) in [5, 5.41) is 15.9. The van der Waals surface area contributed by atoms with Crippen molar-refractivity contribution in [3.8, 4) is 5.75 Å². The zero-order valence-corrected chi connectivity index (χ0v) is 18.9. The molecule has 0 spiro atoms. The number of aromatic nitrogens is 1. The molecule has 0 radical (unpaired) electrons. The Bertz CT molecular complexity index is 844. The second-order valence-electron chi connectivity index (χ2n) is 6.91. The molecule has 0 saturated carbocycles. The van der Waals surface area contributed by atoms with Crippen LogP contribution in [0, 0.1) is 0 Å². The molecule has 0 unspecified atom stereocenters. The number of rotatable bonds is 8. The van der Waals surface area contributed by atoms with Gasteiger partial charge in [-0.05, 0) is 31.7 Å². The van der Waals surface area contributed by atoms with Crippen molar-refractivity contribution in [3.63, 3.8) is 0 Å². The van der Waals surface area contributed by atoms with E-state index in [4.69, 9.17) is 0 Å². The molecule has 150 valence electrons. The molecule has 0 aliphatic rings. The fourth-order valence-electron chi connectivity index (χ4n) is 3.09. The van der Waals surface area contributed by atoms with E-state index in [-0.39, 0.29) is 29.5 Å². The number of halogens is 1. The van der Waals surface area contributed by atoms with Crippen LogP contribution >= 0.6 is 24.0 Å². The monoisotopic (exact) mass is 487 g/mol. The predicted octanol–water partition coefficient (Wildman–Crippen LogP) is 2.32. The highest BCUT2D eigenvalue weighted by Gasteiger charge is 2.20. The minimum atomic E-state index is -0.575. The molecule has 0 aliphatic heterocycles. The van der Waals surface area contributed by atoms with Gasteiger partial charge in [0.1, 0.15) is 0 Å². The molecule has 2 rings (SSSR count). The van der Waals surface area contributed by atoms with Crippen LogP contribution in [-0.2, 0) is 6.54 Å². The van der Waals surface area contributed by atoms with Crippen LogP contribution in [0.4, 0.5) is 0 Å². The maximum atomic E-state index is 12.8. The van der Waals surface area contributed by atoms with Gasteiger partial charge in [-0.1, -0.05) is 30.9 Å². The minimum Gasteiger partial charge on any atom is -0.871 e. The lowest BCUT2D eigenvalue weighted by Gasteiger charge is -2.32. The third-order valence-corrected chi connectivity index (χ3v) is 5.26. The Morgan fingerprint density at radius 2 is 1.81 bits per heavy atom. The smallest absolute Gasteiger partial charge is 0.263 e. The molecular weight excluding hydrogens is 457 g/mol. The number of quaternary nitrogens is 1. The average Bonchev–Trinajstić information content (AvgIpc) is 2.65. The first-order chi connectivity index (χ1) is 12.4. The van der Waals surface area contributed by atoms with E-state index >= 15 is 0 Å². The van der Waals surface area contributed by atoms with Crippen LogP contribution in [0.1, 0.15) is 37.6 Å². The average molecular weight is 487 g/mol. The minimum absolute atomic E-state index is 0. The van der Waals surface area contributed by atoms with Gasteiger partial charge >= 0.3 is 0 Å². The number of hydrogen-bond donors (Lipinski definition) is 1. The zero-order chi connectivity index (χ0) is 19.3. The van der Waals surface area contributed by atoms with Crippen molar-refractivity contribution in [1.29, 1.82) is 0 Å². The largest absolute Gasteiger partial charge is 0.871 e. The topological polar surface area (TPSA) is 74.2 Å². The Morgan fingerprint density at radius 3 is 2.41 bits per heavy atom. The summed E-state index contributed by atoms with van der Waals surface area (Å²) < 4.78 is 2.35. The molecule has 27 heavy (non-hydrogen) atoms. The number of hydrogen-bond acceptors (Lipinski definition) is 3. The lowest BCUT2D eigenvalue weighted by Crippen LogP contribution is -2.48. The van der Waals surface area contributed by atoms with Crippen LogP contribution < -0.4 is 16.0 Å². The fraction of sp³-hybridized carbons (Fsp3) is 0.500. The van der Waals surface area contributed by atoms with E-state index < -0.39 is 17.2 Å². The molecule has 1 amide bonds. The van der Waals surface area contributed by atoms with E-state index in [2.05, 4.69) is 26.2 Å². The number of likely N-dealkylation sites (N-methyl/N-ethyl adjacent to an activating group) is 1. The third-order valence-electron chi connectivity index (χ3n) is 5.26. The highest BCUT2D eigenvalue weighted by Crippen LogP contribution is 2.23. The second kappa shape index (κ2) is 10.1. The van der Waals surface area contributed by atoms with Gasteiger partial charge in [0.2, 0.25) is 0 Å². The van der Waals surface area contributed by atoms with Gasteiger partial charge in [-0.3, -0.25) is 9.59 Å². The molecule has 1 heterocycles. The van der Waals surface area contributed by atoms with Gasteiger partial charge in [-0.2, -0.15) is 0 Å². The highest BCUT2D eigenvalue weighted by atomic mass is 127. The number of fused-ring (bicyclic) bond motifs is 1. The molecule has 0 atom stereocenters. The number of para-hydroxylation sites is 1. The number of aryl methyl sites for hydroxylation is 1. The van der Waals surface area contributed by atoms with Crippen molar-refractivity contribution in [2.24, 2.45) is 0 Å². The van der Waals surface area contributed by atoms with E-state index in [1.54, 1.807) is 24.3 Å². The van der Waals surface area contributed by atoms with Gasteiger partial charge in [0.25, 0.3) is 11.5 Å². The summed E-state index contributed by atoms with van der Waals surface area (Å²) in [6.45, 7) is 9.74. The van der Waals surface area contributed by atoms with Crippen LogP contribution in [0.15, 0.2) is 29.1 Å². The van der Waals surface area contributed by atoms with E-state index in [1.165, 1.54) is 4.57 Å². The normalized spacial score (nSPS) is 11.3. The number of benzene rings is 1. The van der Waals surface area contributed by atoms with Crippen molar-refractivity contribution < 1.29 is 14.4 Å². The molecule has 1 aromatic carbocycles. The number of nitrogens with zero attached hydrogens (tertiary/aromatic N) is 2. The Morgan fingerprint density at radius 1 is 1.19 bits per heavy atom. The molecule has 0 fully saturated rings. The molecule has 0 aliphatic carbocycles. The van der Waals surface area contributed by atoms with Gasteiger partial charge < -0.3 is 19.5 Å². The number of carbonyl (C=O) groups excluding carboxylic acids is 1. The number of carbonyl (C=O) groups is 1. The van der Waals surface area contributed by atoms with Crippen LogP contribution in [0.2, 0.25) is 0 Å². The van der Waals surface area contributed by atoms with Crippen molar-refractivity contribution in [2.45, 2.75) is 33.7 Å². The van der Waals surface area contributed by atoms with Crippen molar-refractivity contribution in [1.82, 2.24) is 9.88 Å². The third kappa shape index (κ3) is 5.01. The van der Waals surface area contributed by atoms with Crippen molar-refractivity contribution in [2.75, 3.05) is 33.2 Å². The summed E-state index contributed by atoms with van der Waals surface area (Å²) in [7, 11) is 2.12. The second-order valence-corrected chi connectivity index (χ2v) is 6.91. The lowest BCUT2D eigenvalue weighted by atomic mass is 10.1. The van der Waals surface area contributed by atoms with Crippen LogP contribution in [0.3, 0.4) is 0 Å². The molecule has 7 heteroatoms. The maximum absolute atomic E-state index is 12.8. The SMILES string of the molecule is CCCn1c(=O)c(C(=O)NCC[N+](C)(CC)CC)c([O-])c2ccccc21.I. The Hall–Kier alpha value is -1.61. The molecule has 1 N–H and O–H groups in total. The zero-order valence-electron chi connectivity index (χ0n) is 16.6. The quantitative estimate of drug-likeness (QED) is 0.459. The van der Waals surface area contributed by atoms with Gasteiger partial charge in [0, 0.05) is 6.54 Å². The maximum Gasteiger partial charge on any atom is 0.263 e. The van der Waals surface area contributed by atoms with E-state index in [9.17, 15) is 14.7 Å². The molecular formula is C20H30IN3O3. The summed E-state index contributed by atoms with van der Waals surface area (Å²) in [6.07, 6.45) is 0.742. The summed E-state index contributed by atoms with van der Waals surface area (Å²) in [4.78, 5) is 25.4. The van der Waals surface area contributed by atoms with Crippen LogP contribution in [-0.4, -0.2) is 48.2 Å². The first kappa shape index (κ1) is 23.4. The predicted molar refractivity (Wildman–Crippen MR) is 118 cm³/mol. The fourth-order valence-corrected chi connectivity index (χ4v) is 3.09. The molecule has 0 bridgehead atoms. The van der Waals surface area contributed by atoms with Gasteiger partial charge in [0.15, 0.2) is 0 Å². The highest BCUT2D eigenvalue weighted by molar-refractivity contribution is 14.0. The van der Waals surface area contributed by atoms with Gasteiger partial charge in [-0.25, -0.2) is 0 Å². The van der Waals surface area contributed by atoms with Crippen molar-refractivity contribution in [3.05, 3.63) is 40.2 Å². The number of amides is 1. The molecule has 2 aromatic rings. The first-order valence-electron chi connectivity index (χ1n) is 9.32. The summed E-state index contributed by atoms with van der Waals surface area (Å²) in [5.41, 5.74) is -0.197. The van der Waals surface area contributed by atoms with Crippen LogP contribution in [0.5, 0.6) is 5.75 Å². The Labute approximate surface area is 177 Å². The molecule has 6 nitrogen and oxygen atoms in total. The lowest BCUT2D eigenvalue weighted by molar-refractivity contribution is -0.904. The van der Waals surface area contributed by atoms with Gasteiger partial charge in [0.05, 0.1) is 44.3 Å². The first-order valence-corrected chi connectivity index (χ1v) is 9.32. The standard InChI is InChI=1S/C20H29N3O3.HI/c1-5-13-22-16-11-9-8-10-15(16)18(24)17(20(22)26)19(25)21-12-14-23(4,6-2)7-3;/h8-11H,5-7,12-14H2,1-4H3,(H-,21,24,25,26);1H. The van der Waals surface area contributed by atoms with E-state index in [1.807, 2.05) is 6.92 Å². The molecule has 0 saturated heterocycles. The summed E-state index contributed by atoms with van der Waals surface area (Å²) in [6, 6.07) is 6.96. The summed E-state index contributed by atoms with van der Waals surface area (Å²) in [5.74, 6) is -1.06. The number of nitrogens with one attached hydrogen (secondary N) is 1. The number of pyridine rings is 1. The molecule has 1 aromatic heterocycles. The van der Waals surface area contributed by atoms with Gasteiger partial charge in [-0.15, -0.1) is 24.0 Å². The Balaban J connectivity index is 0.00000364.